The number of halogens is 2. The number of fused-ring (bicyclic) bond motifs is 1. The van der Waals surface area contributed by atoms with Gasteiger partial charge >= 0.3 is 0 Å². The van der Waals surface area contributed by atoms with Gasteiger partial charge in [0.1, 0.15) is 36.1 Å². The van der Waals surface area contributed by atoms with Crippen molar-refractivity contribution in [3.8, 4) is 22.8 Å². The zero-order chi connectivity index (χ0) is 33.5. The van der Waals surface area contributed by atoms with Crippen molar-refractivity contribution in [2.24, 2.45) is 0 Å². The molecule has 0 aliphatic rings. The van der Waals surface area contributed by atoms with E-state index < -0.39 is 9.84 Å². The molecule has 0 bridgehead atoms. The van der Waals surface area contributed by atoms with Crippen LogP contribution >= 0.6 is 22.9 Å². The number of benzene rings is 3. The van der Waals surface area contributed by atoms with Crippen LogP contribution in [0.1, 0.15) is 10.6 Å². The van der Waals surface area contributed by atoms with E-state index in [0.29, 0.717) is 58.6 Å². The van der Waals surface area contributed by atoms with Gasteiger partial charge in [0.25, 0.3) is 0 Å². The van der Waals surface area contributed by atoms with E-state index in [0.717, 1.165) is 21.7 Å². The molecule has 3 aromatic heterocycles. The molecule has 2 N–H and O–H groups in total. The van der Waals surface area contributed by atoms with Gasteiger partial charge in [-0.25, -0.2) is 32.7 Å². The zero-order valence-electron chi connectivity index (χ0n) is 25.7. The number of aromatic nitrogens is 4. The molecule has 48 heavy (non-hydrogen) atoms. The SMILES string of the molecule is COc1cc2ncnc(Nc3ccc(OCc4cccc(F)c4)c(Cl)c3)c2cc1-c1csc(CCNCCS(=O)(=O)c2ccccn2)n1. The van der Waals surface area contributed by atoms with Crippen LogP contribution in [0.5, 0.6) is 11.5 Å². The average molecular weight is 705 g/mol. The fourth-order valence-electron chi connectivity index (χ4n) is 4.88. The van der Waals surface area contributed by atoms with Gasteiger partial charge in [-0.15, -0.1) is 11.3 Å². The Morgan fingerprint density at radius 3 is 2.65 bits per heavy atom. The standard InChI is InChI=1S/C34H30ClFN6O4S2/c1-45-31-18-28-26(17-25(31)29-20-47-32(42-29)10-12-37-13-14-48(43,44)33-7-2-3-11-38-33)34(40-21-39-28)41-24-8-9-30(27(35)16-24)46-19-22-5-4-6-23(36)15-22/h2-9,11,15-18,20-21,37H,10,12-14,19H2,1H3,(H,39,40,41). The summed E-state index contributed by atoms with van der Waals surface area (Å²) >= 11 is 8.04. The van der Waals surface area contributed by atoms with E-state index >= 15 is 0 Å². The Labute approximate surface area is 285 Å². The van der Waals surface area contributed by atoms with Crippen molar-refractivity contribution in [2.75, 3.05) is 31.3 Å². The molecule has 0 radical (unpaired) electrons. The van der Waals surface area contributed by atoms with Gasteiger partial charge in [0.2, 0.25) is 0 Å². The molecule has 0 saturated heterocycles. The number of ether oxygens (including phenoxy) is 2. The Balaban J connectivity index is 1.13. The number of rotatable bonds is 14. The molecule has 0 aliphatic heterocycles. The summed E-state index contributed by atoms with van der Waals surface area (Å²) in [6.45, 7) is 1.05. The first-order chi connectivity index (χ1) is 23.3. The first-order valence-electron chi connectivity index (χ1n) is 14.8. The van der Waals surface area contributed by atoms with Gasteiger partial charge in [-0.1, -0.05) is 29.8 Å². The van der Waals surface area contributed by atoms with Crippen LogP contribution in [0, 0.1) is 5.82 Å². The van der Waals surface area contributed by atoms with Crippen LogP contribution in [0.25, 0.3) is 22.2 Å². The van der Waals surface area contributed by atoms with Gasteiger partial charge in [-0.3, -0.25) is 0 Å². The van der Waals surface area contributed by atoms with Gasteiger partial charge in [0.15, 0.2) is 14.9 Å². The minimum atomic E-state index is -3.44. The summed E-state index contributed by atoms with van der Waals surface area (Å²) in [5.41, 5.74) is 3.57. The molecule has 10 nitrogen and oxygen atoms in total. The molecule has 3 aromatic carbocycles. The lowest BCUT2D eigenvalue weighted by Gasteiger charge is -2.13. The van der Waals surface area contributed by atoms with Crippen molar-refractivity contribution in [1.82, 2.24) is 25.3 Å². The van der Waals surface area contributed by atoms with Gasteiger partial charge < -0.3 is 20.1 Å². The summed E-state index contributed by atoms with van der Waals surface area (Å²) in [4.78, 5) is 17.7. The predicted molar refractivity (Wildman–Crippen MR) is 186 cm³/mol. The lowest BCUT2D eigenvalue weighted by atomic mass is 10.1. The highest BCUT2D eigenvalue weighted by atomic mass is 35.5. The first-order valence-corrected chi connectivity index (χ1v) is 17.8. The van der Waals surface area contributed by atoms with E-state index in [1.54, 1.807) is 43.5 Å². The maximum Gasteiger partial charge on any atom is 0.196 e. The summed E-state index contributed by atoms with van der Waals surface area (Å²) in [6.07, 6.45) is 3.57. The number of sulfone groups is 1. The summed E-state index contributed by atoms with van der Waals surface area (Å²) in [5, 5.41) is 10.6. The number of hydrogen-bond acceptors (Lipinski definition) is 11. The van der Waals surface area contributed by atoms with Crippen LogP contribution in [0.15, 0.2) is 95.7 Å². The number of hydrogen-bond donors (Lipinski definition) is 2. The van der Waals surface area contributed by atoms with Crippen molar-refractivity contribution in [1.29, 1.82) is 0 Å². The van der Waals surface area contributed by atoms with Crippen LogP contribution in [0.3, 0.4) is 0 Å². The molecule has 0 fully saturated rings. The third kappa shape index (κ3) is 8.05. The lowest BCUT2D eigenvalue weighted by Crippen LogP contribution is -2.25. The number of anilines is 2. The Morgan fingerprint density at radius 1 is 0.958 bits per heavy atom. The van der Waals surface area contributed by atoms with Crippen LogP contribution in [0.2, 0.25) is 5.02 Å². The van der Waals surface area contributed by atoms with E-state index in [9.17, 15) is 12.8 Å². The number of thiazole rings is 1. The molecule has 3 heterocycles. The summed E-state index contributed by atoms with van der Waals surface area (Å²) < 4.78 is 49.9. The van der Waals surface area contributed by atoms with Crippen molar-refractivity contribution in [3.05, 3.63) is 112 Å². The van der Waals surface area contributed by atoms with Gasteiger partial charge in [-0.05, 0) is 54.1 Å². The molecular formula is C34H30ClFN6O4S2. The minimum Gasteiger partial charge on any atom is -0.496 e. The molecule has 0 unspecified atom stereocenters. The minimum absolute atomic E-state index is 0.0411. The molecule has 6 rings (SSSR count). The number of nitrogens with one attached hydrogen (secondary N) is 2. The molecule has 246 valence electrons. The van der Waals surface area contributed by atoms with Gasteiger partial charge in [0.05, 0.1) is 34.1 Å². The third-order valence-electron chi connectivity index (χ3n) is 7.28. The first kappa shape index (κ1) is 33.2. The van der Waals surface area contributed by atoms with Gasteiger partial charge in [0, 0.05) is 53.8 Å². The fourth-order valence-corrected chi connectivity index (χ4v) is 7.05. The lowest BCUT2D eigenvalue weighted by molar-refractivity contribution is 0.306. The molecule has 0 spiro atoms. The second-order valence-electron chi connectivity index (χ2n) is 10.6. The summed E-state index contributed by atoms with van der Waals surface area (Å²) in [6, 6.07) is 20.1. The molecule has 0 aliphatic carbocycles. The monoisotopic (exact) mass is 704 g/mol. The van der Waals surface area contributed by atoms with E-state index in [-0.39, 0.29) is 23.2 Å². The zero-order valence-corrected chi connectivity index (χ0v) is 28.1. The highest BCUT2D eigenvalue weighted by Gasteiger charge is 2.17. The quantitative estimate of drug-likeness (QED) is 0.116. The molecule has 0 saturated carbocycles. The maximum absolute atomic E-state index is 13.5. The topological polar surface area (TPSA) is 128 Å². The number of pyridine rings is 1. The van der Waals surface area contributed by atoms with Crippen molar-refractivity contribution >= 4 is 55.2 Å². The van der Waals surface area contributed by atoms with Crippen LogP contribution < -0.4 is 20.1 Å². The Kier molecular flexibility index (Phi) is 10.4. The van der Waals surface area contributed by atoms with Crippen LogP contribution in [-0.4, -0.2) is 54.3 Å². The average Bonchev–Trinajstić information content (AvgIpc) is 3.56. The maximum atomic E-state index is 13.5. The fraction of sp³-hybridized carbons (Fsp3) is 0.176. The second-order valence-corrected chi connectivity index (χ2v) is 14.0. The van der Waals surface area contributed by atoms with Crippen molar-refractivity contribution < 1.29 is 22.3 Å². The van der Waals surface area contributed by atoms with Gasteiger partial charge in [-0.2, -0.15) is 0 Å². The Morgan fingerprint density at radius 2 is 1.85 bits per heavy atom. The van der Waals surface area contributed by atoms with Crippen LogP contribution in [-0.2, 0) is 22.9 Å². The van der Waals surface area contributed by atoms with Crippen molar-refractivity contribution in [3.63, 3.8) is 0 Å². The molecule has 0 amide bonds. The smallest absolute Gasteiger partial charge is 0.196 e. The highest BCUT2D eigenvalue weighted by Crippen LogP contribution is 2.37. The summed E-state index contributed by atoms with van der Waals surface area (Å²) in [5.74, 6) is 1.28. The largest absolute Gasteiger partial charge is 0.496 e. The predicted octanol–water partition coefficient (Wildman–Crippen LogP) is 6.88. The molecular weight excluding hydrogens is 675 g/mol. The highest BCUT2D eigenvalue weighted by molar-refractivity contribution is 7.91. The molecule has 0 atom stereocenters. The molecule has 6 aromatic rings. The third-order valence-corrected chi connectivity index (χ3v) is 10.1. The molecule has 14 heteroatoms. The van der Waals surface area contributed by atoms with E-state index in [1.165, 1.54) is 42.1 Å². The van der Waals surface area contributed by atoms with E-state index in [2.05, 4.69) is 25.6 Å². The number of methoxy groups -OCH3 is 1. The van der Waals surface area contributed by atoms with Crippen LogP contribution in [0.4, 0.5) is 15.9 Å². The van der Waals surface area contributed by atoms with E-state index in [4.69, 9.17) is 26.1 Å². The normalized spacial score (nSPS) is 11.5. The second kappa shape index (κ2) is 15.0. The Bertz CT molecular complexity index is 2150. The number of nitrogens with zero attached hydrogens (tertiary/aromatic N) is 4. The summed E-state index contributed by atoms with van der Waals surface area (Å²) in [7, 11) is -1.84. The van der Waals surface area contributed by atoms with Crippen molar-refractivity contribution in [2.45, 2.75) is 18.1 Å². The Hall–Kier alpha value is -4.69. The van der Waals surface area contributed by atoms with E-state index in [1.807, 2.05) is 23.6 Å².